The van der Waals surface area contributed by atoms with Crippen molar-refractivity contribution in [3.05, 3.63) is 52.6 Å². The van der Waals surface area contributed by atoms with Gasteiger partial charge in [-0.05, 0) is 18.2 Å². The van der Waals surface area contributed by atoms with E-state index in [2.05, 4.69) is 32.1 Å². The number of rotatable bonds is 2. The van der Waals surface area contributed by atoms with Crippen LogP contribution in [0.2, 0.25) is 0 Å². The van der Waals surface area contributed by atoms with Crippen molar-refractivity contribution in [2.45, 2.75) is 26.2 Å². The van der Waals surface area contributed by atoms with Crippen LogP contribution >= 0.6 is 15.9 Å². The van der Waals surface area contributed by atoms with E-state index in [1.807, 2.05) is 51.1 Å². The number of benzene rings is 1. The number of nitriles is 1. The average molecular weight is 371 g/mol. The summed E-state index contributed by atoms with van der Waals surface area (Å²) in [6, 6.07) is 11.8. The summed E-state index contributed by atoms with van der Waals surface area (Å²) in [7, 11) is 0. The average Bonchev–Trinajstić information content (AvgIpc) is 3.13. The van der Waals surface area contributed by atoms with Gasteiger partial charge in [0.2, 0.25) is 11.6 Å². The predicted octanol–water partition coefficient (Wildman–Crippen LogP) is 4.46. The lowest BCUT2D eigenvalue weighted by Gasteiger charge is -2.11. The molecule has 0 aliphatic heterocycles. The second-order valence-electron chi connectivity index (χ2n) is 6.19. The molecule has 0 unspecified atom stereocenters. The van der Waals surface area contributed by atoms with Crippen molar-refractivity contribution in [2.24, 2.45) is 0 Å². The van der Waals surface area contributed by atoms with Crippen LogP contribution in [-0.4, -0.2) is 14.8 Å². The smallest absolute Gasteiger partial charge is 0.259 e. The third kappa shape index (κ3) is 3.06. The fourth-order valence-electron chi connectivity index (χ4n) is 2.07. The minimum Gasteiger partial charge on any atom is -0.421 e. The third-order valence-corrected chi connectivity index (χ3v) is 3.82. The number of hydrogen-bond donors (Lipinski definition) is 0. The summed E-state index contributed by atoms with van der Waals surface area (Å²) in [6.45, 7) is 5.96. The first-order chi connectivity index (χ1) is 10.9. The largest absolute Gasteiger partial charge is 0.421 e. The first-order valence-electron chi connectivity index (χ1n) is 7.12. The standard InChI is InChI=1S/C17H15BrN4O/c1-17(2,3)16-20-14(10-19)15(23-16)22-9-8-13(21-22)11-4-6-12(18)7-5-11/h4-9H,1-3H3. The van der Waals surface area contributed by atoms with Crippen LogP contribution in [0.4, 0.5) is 0 Å². The second kappa shape index (κ2) is 5.67. The summed E-state index contributed by atoms with van der Waals surface area (Å²) in [6.07, 6.45) is 1.77. The van der Waals surface area contributed by atoms with Gasteiger partial charge in [-0.3, -0.25) is 0 Å². The molecule has 5 nitrogen and oxygen atoms in total. The highest BCUT2D eigenvalue weighted by molar-refractivity contribution is 9.10. The summed E-state index contributed by atoms with van der Waals surface area (Å²) in [5, 5.41) is 13.8. The molecule has 3 aromatic rings. The van der Waals surface area contributed by atoms with E-state index in [1.165, 1.54) is 0 Å². The molecule has 0 amide bonds. The van der Waals surface area contributed by atoms with Crippen molar-refractivity contribution in [2.75, 3.05) is 0 Å². The van der Waals surface area contributed by atoms with Gasteiger partial charge in [-0.25, -0.2) is 4.68 Å². The maximum Gasteiger partial charge on any atom is 0.259 e. The molecule has 0 fully saturated rings. The van der Waals surface area contributed by atoms with E-state index in [9.17, 15) is 5.26 Å². The molecular weight excluding hydrogens is 356 g/mol. The van der Waals surface area contributed by atoms with Crippen LogP contribution in [0.3, 0.4) is 0 Å². The summed E-state index contributed by atoms with van der Waals surface area (Å²) < 4.78 is 8.35. The van der Waals surface area contributed by atoms with Crippen LogP contribution in [-0.2, 0) is 5.41 Å². The van der Waals surface area contributed by atoms with E-state index in [4.69, 9.17) is 4.42 Å². The minimum atomic E-state index is -0.272. The Kier molecular flexibility index (Phi) is 3.82. The van der Waals surface area contributed by atoms with Crippen LogP contribution < -0.4 is 0 Å². The van der Waals surface area contributed by atoms with Crippen molar-refractivity contribution in [3.8, 4) is 23.2 Å². The lowest BCUT2D eigenvalue weighted by atomic mass is 9.97. The zero-order valence-electron chi connectivity index (χ0n) is 13.0. The molecule has 116 valence electrons. The Morgan fingerprint density at radius 2 is 1.87 bits per heavy atom. The Morgan fingerprint density at radius 1 is 1.17 bits per heavy atom. The van der Waals surface area contributed by atoms with Crippen LogP contribution in [0.25, 0.3) is 17.1 Å². The van der Waals surface area contributed by atoms with Gasteiger partial charge in [-0.1, -0.05) is 48.8 Å². The number of aromatic nitrogens is 3. The van der Waals surface area contributed by atoms with Crippen molar-refractivity contribution in [3.63, 3.8) is 0 Å². The van der Waals surface area contributed by atoms with Crippen molar-refractivity contribution in [1.29, 1.82) is 5.26 Å². The zero-order chi connectivity index (χ0) is 16.6. The van der Waals surface area contributed by atoms with Gasteiger partial charge < -0.3 is 4.42 Å². The lowest BCUT2D eigenvalue weighted by molar-refractivity contribution is 0.381. The van der Waals surface area contributed by atoms with Crippen LogP contribution in [0, 0.1) is 11.3 Å². The van der Waals surface area contributed by atoms with Gasteiger partial charge in [-0.15, -0.1) is 0 Å². The van der Waals surface area contributed by atoms with Gasteiger partial charge in [0.25, 0.3) is 5.88 Å². The van der Waals surface area contributed by atoms with Gasteiger partial charge in [0.15, 0.2) is 0 Å². The predicted molar refractivity (Wildman–Crippen MR) is 90.2 cm³/mol. The monoisotopic (exact) mass is 370 g/mol. The molecule has 1 aromatic carbocycles. The van der Waals surface area contributed by atoms with E-state index >= 15 is 0 Å². The number of oxazole rings is 1. The minimum absolute atomic E-state index is 0.236. The molecule has 3 rings (SSSR count). The molecule has 2 aromatic heterocycles. The van der Waals surface area contributed by atoms with E-state index in [0.29, 0.717) is 11.8 Å². The lowest BCUT2D eigenvalue weighted by Crippen LogP contribution is -2.11. The normalized spacial score (nSPS) is 11.4. The van der Waals surface area contributed by atoms with E-state index in [1.54, 1.807) is 10.9 Å². The van der Waals surface area contributed by atoms with Gasteiger partial charge in [0.1, 0.15) is 6.07 Å². The molecule has 23 heavy (non-hydrogen) atoms. The molecule has 0 saturated heterocycles. The molecule has 0 atom stereocenters. The summed E-state index contributed by atoms with van der Waals surface area (Å²) in [4.78, 5) is 4.28. The van der Waals surface area contributed by atoms with Gasteiger partial charge in [0, 0.05) is 21.6 Å². The van der Waals surface area contributed by atoms with E-state index < -0.39 is 0 Å². The summed E-state index contributed by atoms with van der Waals surface area (Å²) in [5.41, 5.74) is 1.75. The molecule has 2 heterocycles. The van der Waals surface area contributed by atoms with Gasteiger partial charge in [-0.2, -0.15) is 15.3 Å². The first-order valence-corrected chi connectivity index (χ1v) is 7.91. The Labute approximate surface area is 142 Å². The first kappa shape index (κ1) is 15.5. The third-order valence-electron chi connectivity index (χ3n) is 3.29. The highest BCUT2D eigenvalue weighted by Crippen LogP contribution is 2.27. The van der Waals surface area contributed by atoms with Crippen LogP contribution in [0.15, 0.2) is 45.4 Å². The maximum atomic E-state index is 9.29. The SMILES string of the molecule is CC(C)(C)c1nc(C#N)c(-n2ccc(-c3ccc(Br)cc3)n2)o1. The molecule has 0 aliphatic rings. The number of halogens is 1. The molecule has 0 bridgehead atoms. The Morgan fingerprint density at radius 3 is 2.48 bits per heavy atom. The summed E-state index contributed by atoms with van der Waals surface area (Å²) in [5.74, 6) is 0.866. The second-order valence-corrected chi connectivity index (χ2v) is 7.10. The summed E-state index contributed by atoms with van der Waals surface area (Å²) >= 11 is 3.42. The van der Waals surface area contributed by atoms with E-state index in [0.717, 1.165) is 15.7 Å². The van der Waals surface area contributed by atoms with Crippen LogP contribution in [0.5, 0.6) is 0 Å². The Hall–Kier alpha value is -2.39. The van der Waals surface area contributed by atoms with E-state index in [-0.39, 0.29) is 11.1 Å². The topological polar surface area (TPSA) is 67.6 Å². The maximum absolute atomic E-state index is 9.29. The molecule has 0 aliphatic carbocycles. The fourth-order valence-corrected chi connectivity index (χ4v) is 2.34. The van der Waals surface area contributed by atoms with Gasteiger partial charge >= 0.3 is 0 Å². The molecular formula is C17H15BrN4O. The molecule has 6 heteroatoms. The fraction of sp³-hybridized carbons (Fsp3) is 0.235. The highest BCUT2D eigenvalue weighted by atomic mass is 79.9. The highest BCUT2D eigenvalue weighted by Gasteiger charge is 2.25. The quantitative estimate of drug-likeness (QED) is 0.667. The number of nitrogens with zero attached hydrogens (tertiary/aromatic N) is 4. The molecule has 0 N–H and O–H groups in total. The van der Waals surface area contributed by atoms with Gasteiger partial charge in [0.05, 0.1) is 5.69 Å². The van der Waals surface area contributed by atoms with Crippen molar-refractivity contribution in [1.82, 2.24) is 14.8 Å². The van der Waals surface area contributed by atoms with Crippen molar-refractivity contribution >= 4 is 15.9 Å². The molecule has 0 spiro atoms. The van der Waals surface area contributed by atoms with Crippen LogP contribution in [0.1, 0.15) is 32.4 Å². The zero-order valence-corrected chi connectivity index (χ0v) is 14.6. The Bertz CT molecular complexity index is 879. The Balaban J connectivity index is 2.02. The molecule has 0 saturated carbocycles. The van der Waals surface area contributed by atoms with Crippen molar-refractivity contribution < 1.29 is 4.42 Å². The number of hydrogen-bond acceptors (Lipinski definition) is 4. The molecule has 0 radical (unpaired) electrons.